The van der Waals surface area contributed by atoms with E-state index in [-0.39, 0.29) is 12.0 Å². The van der Waals surface area contributed by atoms with Gasteiger partial charge in [-0.15, -0.1) is 0 Å². The first-order chi connectivity index (χ1) is 7.32. The molecule has 0 radical (unpaired) electrons. The summed E-state index contributed by atoms with van der Waals surface area (Å²) in [4.78, 5) is 9.70. The van der Waals surface area contributed by atoms with Crippen LogP contribution in [0, 0.1) is 11.8 Å². The van der Waals surface area contributed by atoms with Crippen LogP contribution in [0.4, 0.5) is 0 Å². The quantitative estimate of drug-likeness (QED) is 0.571. The number of nitrogens with two attached hydrogens (primary N) is 2. The molecule has 0 aromatic heterocycles. The lowest BCUT2D eigenvalue weighted by Gasteiger charge is -2.24. The Bertz CT molecular complexity index is 236. The molecule has 0 fully saturated rings. The van der Waals surface area contributed by atoms with E-state index in [1.165, 1.54) is 0 Å². The summed E-state index contributed by atoms with van der Waals surface area (Å²) in [5.41, 5.74) is 11.5. The van der Waals surface area contributed by atoms with Crippen LogP contribution in [0.2, 0.25) is 0 Å². The predicted molar refractivity (Wildman–Crippen MR) is 69.8 cm³/mol. The largest absolute Gasteiger partial charge is 0.344 e. The van der Waals surface area contributed by atoms with Gasteiger partial charge in [-0.25, -0.2) is 0 Å². The summed E-state index contributed by atoms with van der Waals surface area (Å²) in [6.45, 7) is 6.54. The SMILES string of the molecule is CCCP(=O)(O)CC(C)C(N)CC(C)CN. The molecule has 0 aromatic carbocycles. The third kappa shape index (κ3) is 6.64. The zero-order valence-electron chi connectivity index (χ0n) is 10.7. The highest BCUT2D eigenvalue weighted by Gasteiger charge is 2.24. The number of hydrogen-bond donors (Lipinski definition) is 3. The van der Waals surface area contributed by atoms with E-state index in [0.717, 1.165) is 12.8 Å². The molecule has 0 saturated carbocycles. The van der Waals surface area contributed by atoms with E-state index in [4.69, 9.17) is 11.5 Å². The Morgan fingerprint density at radius 1 is 1.38 bits per heavy atom. The van der Waals surface area contributed by atoms with Gasteiger partial charge in [0.1, 0.15) is 0 Å². The van der Waals surface area contributed by atoms with Crippen LogP contribution in [0.25, 0.3) is 0 Å². The molecule has 0 aliphatic heterocycles. The molecule has 0 bridgehead atoms. The smallest absolute Gasteiger partial charge is 0.200 e. The zero-order valence-corrected chi connectivity index (χ0v) is 11.6. The fourth-order valence-electron chi connectivity index (χ4n) is 1.82. The Labute approximate surface area is 99.2 Å². The molecule has 0 rings (SSSR count). The summed E-state index contributed by atoms with van der Waals surface area (Å²) < 4.78 is 11.8. The molecular formula is C11H27N2O2P. The third-order valence-electron chi connectivity index (χ3n) is 2.95. The normalized spacial score (nSPS) is 21.1. The van der Waals surface area contributed by atoms with Gasteiger partial charge < -0.3 is 16.4 Å². The molecule has 0 amide bonds. The molecular weight excluding hydrogens is 223 g/mol. The lowest BCUT2D eigenvalue weighted by molar-refractivity contribution is 0.383. The van der Waals surface area contributed by atoms with Gasteiger partial charge in [0.25, 0.3) is 0 Å². The van der Waals surface area contributed by atoms with Gasteiger partial charge in [0.05, 0.1) is 0 Å². The molecule has 0 heterocycles. The van der Waals surface area contributed by atoms with Crippen LogP contribution in [0.3, 0.4) is 0 Å². The van der Waals surface area contributed by atoms with Crippen molar-refractivity contribution in [2.24, 2.45) is 23.3 Å². The molecule has 0 saturated heterocycles. The highest BCUT2D eigenvalue weighted by atomic mass is 31.2. The van der Waals surface area contributed by atoms with Crippen LogP contribution >= 0.6 is 7.37 Å². The van der Waals surface area contributed by atoms with Crippen molar-refractivity contribution in [3.8, 4) is 0 Å². The lowest BCUT2D eigenvalue weighted by atomic mass is 9.94. The van der Waals surface area contributed by atoms with Gasteiger partial charge in [0.2, 0.25) is 7.37 Å². The summed E-state index contributed by atoms with van der Waals surface area (Å²) >= 11 is 0. The second-order valence-corrected chi connectivity index (χ2v) is 7.48. The van der Waals surface area contributed by atoms with Crippen molar-refractivity contribution < 1.29 is 9.46 Å². The average molecular weight is 250 g/mol. The molecule has 5 heteroatoms. The monoisotopic (exact) mass is 250 g/mol. The van der Waals surface area contributed by atoms with Gasteiger partial charge >= 0.3 is 0 Å². The summed E-state index contributed by atoms with van der Waals surface area (Å²) in [7, 11) is -2.97. The third-order valence-corrected chi connectivity index (χ3v) is 5.25. The molecule has 5 N–H and O–H groups in total. The van der Waals surface area contributed by atoms with E-state index < -0.39 is 7.37 Å². The zero-order chi connectivity index (χ0) is 12.8. The highest BCUT2D eigenvalue weighted by Crippen LogP contribution is 2.43. The minimum Gasteiger partial charge on any atom is -0.344 e. The van der Waals surface area contributed by atoms with Crippen LogP contribution in [0.15, 0.2) is 0 Å². The Balaban J connectivity index is 4.13. The minimum absolute atomic E-state index is 0.0316. The summed E-state index contributed by atoms with van der Waals surface area (Å²) in [5.74, 6) is 0.457. The van der Waals surface area contributed by atoms with Gasteiger partial charge in [-0.1, -0.05) is 20.8 Å². The summed E-state index contributed by atoms with van der Waals surface area (Å²) in [6.07, 6.45) is 2.30. The topological polar surface area (TPSA) is 89.3 Å². The summed E-state index contributed by atoms with van der Waals surface area (Å²) in [5, 5.41) is 0. The van der Waals surface area contributed by atoms with E-state index >= 15 is 0 Å². The van der Waals surface area contributed by atoms with E-state index in [0.29, 0.717) is 24.8 Å². The van der Waals surface area contributed by atoms with Crippen LogP contribution in [0.1, 0.15) is 33.6 Å². The number of hydrogen-bond acceptors (Lipinski definition) is 3. The fraction of sp³-hybridized carbons (Fsp3) is 1.00. The maximum atomic E-state index is 11.8. The van der Waals surface area contributed by atoms with Crippen LogP contribution in [0.5, 0.6) is 0 Å². The van der Waals surface area contributed by atoms with Crippen molar-refractivity contribution in [1.82, 2.24) is 0 Å². The van der Waals surface area contributed by atoms with Crippen LogP contribution < -0.4 is 11.5 Å². The van der Waals surface area contributed by atoms with Gasteiger partial charge in [0, 0.05) is 18.4 Å². The van der Waals surface area contributed by atoms with E-state index in [1.807, 2.05) is 13.8 Å². The first-order valence-electron chi connectivity index (χ1n) is 6.08. The molecule has 0 aromatic rings. The lowest BCUT2D eigenvalue weighted by Crippen LogP contribution is -2.33. The molecule has 0 aliphatic rings. The molecule has 0 spiro atoms. The molecule has 4 unspecified atom stereocenters. The van der Waals surface area contributed by atoms with Crippen molar-refractivity contribution in [3.63, 3.8) is 0 Å². The van der Waals surface area contributed by atoms with E-state index in [9.17, 15) is 9.46 Å². The Hall–Kier alpha value is 0.110. The Morgan fingerprint density at radius 3 is 2.38 bits per heavy atom. The van der Waals surface area contributed by atoms with Crippen LogP contribution in [-0.4, -0.2) is 29.8 Å². The summed E-state index contributed by atoms with van der Waals surface area (Å²) in [6, 6.07) is -0.0316. The van der Waals surface area contributed by atoms with Crippen molar-refractivity contribution in [2.75, 3.05) is 18.9 Å². The minimum atomic E-state index is -2.97. The van der Waals surface area contributed by atoms with Crippen molar-refractivity contribution >= 4 is 7.37 Å². The van der Waals surface area contributed by atoms with Crippen molar-refractivity contribution in [2.45, 2.75) is 39.7 Å². The molecule has 4 nitrogen and oxygen atoms in total. The molecule has 98 valence electrons. The number of rotatable bonds is 8. The van der Waals surface area contributed by atoms with Gasteiger partial charge in [0.15, 0.2) is 0 Å². The average Bonchev–Trinajstić information content (AvgIpc) is 2.16. The van der Waals surface area contributed by atoms with Crippen molar-refractivity contribution in [1.29, 1.82) is 0 Å². The second-order valence-electron chi connectivity index (χ2n) is 4.97. The fourth-order valence-corrected chi connectivity index (χ4v) is 3.87. The second kappa shape index (κ2) is 7.44. The van der Waals surface area contributed by atoms with Crippen LogP contribution in [-0.2, 0) is 4.57 Å². The van der Waals surface area contributed by atoms with Gasteiger partial charge in [-0.05, 0) is 31.2 Å². The highest BCUT2D eigenvalue weighted by molar-refractivity contribution is 7.57. The molecule has 0 aliphatic carbocycles. The first kappa shape index (κ1) is 16.1. The maximum absolute atomic E-state index is 11.8. The predicted octanol–water partition coefficient (Wildman–Crippen LogP) is 1.62. The van der Waals surface area contributed by atoms with Crippen molar-refractivity contribution in [3.05, 3.63) is 0 Å². The molecule has 16 heavy (non-hydrogen) atoms. The van der Waals surface area contributed by atoms with Gasteiger partial charge in [-0.3, -0.25) is 4.57 Å². The molecule has 4 atom stereocenters. The van der Waals surface area contributed by atoms with E-state index in [2.05, 4.69) is 6.92 Å². The van der Waals surface area contributed by atoms with E-state index in [1.54, 1.807) is 0 Å². The maximum Gasteiger partial charge on any atom is 0.200 e. The Kier molecular flexibility index (Phi) is 7.49. The first-order valence-corrected chi connectivity index (χ1v) is 8.11. The Morgan fingerprint density at radius 2 is 1.94 bits per heavy atom. The van der Waals surface area contributed by atoms with Gasteiger partial charge in [-0.2, -0.15) is 0 Å². The standard InChI is InChI=1S/C11H27N2O2P/c1-4-5-16(14,15)8-10(3)11(13)6-9(2)7-12/h9-11H,4-8,12-13H2,1-3H3,(H,14,15).